The van der Waals surface area contributed by atoms with Gasteiger partial charge in [0.25, 0.3) is 5.91 Å². The summed E-state index contributed by atoms with van der Waals surface area (Å²) >= 11 is 0. The van der Waals surface area contributed by atoms with Gasteiger partial charge in [0.05, 0.1) is 31.0 Å². The SMILES string of the molecule is O=C(c1ccoc1)N1CC[C@@H]2[C@H](CO[C@H]2Cc2nnc(C3CC3)o2)C1. The van der Waals surface area contributed by atoms with Crippen molar-refractivity contribution in [2.45, 2.75) is 37.7 Å². The molecule has 7 heteroatoms. The van der Waals surface area contributed by atoms with E-state index in [-0.39, 0.29) is 12.0 Å². The maximum atomic E-state index is 12.5. The summed E-state index contributed by atoms with van der Waals surface area (Å²) in [4.78, 5) is 14.4. The average molecular weight is 343 g/mol. The van der Waals surface area contributed by atoms with Crippen LogP contribution in [0, 0.1) is 11.8 Å². The first-order valence-corrected chi connectivity index (χ1v) is 9.03. The molecule has 0 spiro atoms. The molecule has 3 atom stereocenters. The predicted molar refractivity (Wildman–Crippen MR) is 85.9 cm³/mol. The molecule has 25 heavy (non-hydrogen) atoms. The van der Waals surface area contributed by atoms with Crippen LogP contribution in [0.3, 0.4) is 0 Å². The van der Waals surface area contributed by atoms with Gasteiger partial charge in [-0.15, -0.1) is 10.2 Å². The second kappa shape index (κ2) is 5.98. The number of amides is 1. The van der Waals surface area contributed by atoms with Crippen LogP contribution in [0.25, 0.3) is 0 Å². The van der Waals surface area contributed by atoms with E-state index in [0.717, 1.165) is 38.2 Å². The normalized spacial score (nSPS) is 29.0. The number of nitrogens with zero attached hydrogens (tertiary/aromatic N) is 3. The van der Waals surface area contributed by atoms with Crippen LogP contribution >= 0.6 is 0 Å². The Kier molecular flexibility index (Phi) is 3.62. The van der Waals surface area contributed by atoms with Gasteiger partial charge in [-0.25, -0.2) is 0 Å². The molecule has 4 heterocycles. The Hall–Kier alpha value is -2.15. The predicted octanol–water partition coefficient (Wildman–Crippen LogP) is 2.26. The number of hydrogen-bond donors (Lipinski definition) is 0. The van der Waals surface area contributed by atoms with Gasteiger partial charge in [0.1, 0.15) is 6.26 Å². The minimum absolute atomic E-state index is 0.0432. The zero-order valence-corrected chi connectivity index (χ0v) is 14.0. The van der Waals surface area contributed by atoms with Gasteiger partial charge in [0, 0.05) is 24.9 Å². The van der Waals surface area contributed by atoms with E-state index in [9.17, 15) is 4.79 Å². The van der Waals surface area contributed by atoms with E-state index >= 15 is 0 Å². The number of piperidine rings is 1. The van der Waals surface area contributed by atoms with E-state index in [1.165, 1.54) is 12.5 Å². The lowest BCUT2D eigenvalue weighted by Gasteiger charge is -2.35. The molecule has 132 valence electrons. The van der Waals surface area contributed by atoms with Crippen LogP contribution in [0.4, 0.5) is 0 Å². The topological polar surface area (TPSA) is 81.6 Å². The van der Waals surface area contributed by atoms with Crippen LogP contribution in [0.2, 0.25) is 0 Å². The van der Waals surface area contributed by atoms with Crippen LogP contribution in [-0.4, -0.2) is 46.8 Å². The number of furan rings is 1. The van der Waals surface area contributed by atoms with Gasteiger partial charge >= 0.3 is 0 Å². The van der Waals surface area contributed by atoms with Gasteiger partial charge in [0.2, 0.25) is 11.8 Å². The highest BCUT2D eigenvalue weighted by Crippen LogP contribution is 2.40. The third-order valence-corrected chi connectivity index (χ3v) is 5.63. The van der Waals surface area contributed by atoms with Gasteiger partial charge in [-0.05, 0) is 31.2 Å². The number of rotatable bonds is 4. The summed E-state index contributed by atoms with van der Waals surface area (Å²) in [5, 5.41) is 8.34. The number of likely N-dealkylation sites (tertiary alicyclic amines) is 1. The van der Waals surface area contributed by atoms with Crippen molar-refractivity contribution in [1.29, 1.82) is 0 Å². The maximum absolute atomic E-state index is 12.5. The Bertz CT molecular complexity index is 752. The van der Waals surface area contributed by atoms with Crippen LogP contribution in [0.5, 0.6) is 0 Å². The molecule has 3 aliphatic rings. The third-order valence-electron chi connectivity index (χ3n) is 5.63. The first-order valence-electron chi connectivity index (χ1n) is 9.03. The van der Waals surface area contributed by atoms with Gasteiger partial charge < -0.3 is 18.5 Å². The summed E-state index contributed by atoms with van der Waals surface area (Å²) in [6, 6.07) is 1.72. The summed E-state index contributed by atoms with van der Waals surface area (Å²) in [6.07, 6.45) is 7.10. The minimum Gasteiger partial charge on any atom is -0.472 e. The Morgan fingerprint density at radius 1 is 1.28 bits per heavy atom. The quantitative estimate of drug-likeness (QED) is 0.847. The molecule has 0 radical (unpaired) electrons. The summed E-state index contributed by atoms with van der Waals surface area (Å²) in [7, 11) is 0. The van der Waals surface area contributed by atoms with Crippen LogP contribution < -0.4 is 0 Å². The molecule has 1 aliphatic carbocycles. The highest BCUT2D eigenvalue weighted by molar-refractivity contribution is 5.93. The standard InChI is InChI=1S/C18H21N3O4/c22-18(12-4-6-23-9-12)21-5-3-14-13(8-21)10-24-15(14)7-16-19-20-17(25-16)11-1-2-11/h4,6,9,11,13-15H,1-3,5,7-8,10H2/t13-,14+,15-/m0/s1. The van der Waals surface area contributed by atoms with Crippen molar-refractivity contribution in [1.82, 2.24) is 15.1 Å². The van der Waals surface area contributed by atoms with Crippen LogP contribution in [0.1, 0.15) is 47.3 Å². The summed E-state index contributed by atoms with van der Waals surface area (Å²) in [5.41, 5.74) is 0.618. The molecule has 0 unspecified atom stereocenters. The van der Waals surface area contributed by atoms with Crippen molar-refractivity contribution in [3.63, 3.8) is 0 Å². The summed E-state index contributed by atoms with van der Waals surface area (Å²) in [5.74, 6) is 2.82. The molecule has 2 aromatic heterocycles. The number of hydrogen-bond acceptors (Lipinski definition) is 6. The van der Waals surface area contributed by atoms with Crippen molar-refractivity contribution in [3.8, 4) is 0 Å². The minimum atomic E-state index is 0.0432. The number of carbonyl (C=O) groups is 1. The first-order chi connectivity index (χ1) is 12.3. The Morgan fingerprint density at radius 2 is 2.20 bits per heavy atom. The summed E-state index contributed by atoms with van der Waals surface area (Å²) < 4.78 is 16.8. The molecule has 2 saturated heterocycles. The van der Waals surface area contributed by atoms with E-state index in [1.54, 1.807) is 6.07 Å². The molecule has 0 aromatic carbocycles. The van der Waals surface area contributed by atoms with Crippen molar-refractivity contribution >= 4 is 5.91 Å². The van der Waals surface area contributed by atoms with Crippen molar-refractivity contribution in [2.24, 2.45) is 11.8 Å². The molecule has 1 saturated carbocycles. The van der Waals surface area contributed by atoms with E-state index in [4.69, 9.17) is 13.6 Å². The second-order valence-electron chi connectivity index (χ2n) is 7.36. The van der Waals surface area contributed by atoms with Crippen molar-refractivity contribution in [3.05, 3.63) is 35.9 Å². The Morgan fingerprint density at radius 3 is 3.00 bits per heavy atom. The second-order valence-corrected chi connectivity index (χ2v) is 7.36. The fraction of sp³-hybridized carbons (Fsp3) is 0.611. The van der Waals surface area contributed by atoms with Gasteiger partial charge in [-0.3, -0.25) is 4.79 Å². The summed E-state index contributed by atoms with van der Waals surface area (Å²) in [6.45, 7) is 2.18. The van der Waals surface area contributed by atoms with E-state index in [1.807, 2.05) is 4.90 Å². The van der Waals surface area contributed by atoms with Gasteiger partial charge in [0.15, 0.2) is 0 Å². The molecule has 1 amide bonds. The lowest BCUT2D eigenvalue weighted by Crippen LogP contribution is -2.44. The van der Waals surface area contributed by atoms with E-state index < -0.39 is 0 Å². The molecule has 3 fully saturated rings. The largest absolute Gasteiger partial charge is 0.472 e. The van der Waals surface area contributed by atoms with Crippen molar-refractivity contribution < 1.29 is 18.4 Å². The molecule has 7 nitrogen and oxygen atoms in total. The molecular formula is C18H21N3O4. The first kappa shape index (κ1) is 15.1. The maximum Gasteiger partial charge on any atom is 0.257 e. The number of ether oxygens (including phenoxy) is 1. The van der Waals surface area contributed by atoms with Crippen molar-refractivity contribution in [2.75, 3.05) is 19.7 Å². The molecular weight excluding hydrogens is 322 g/mol. The smallest absolute Gasteiger partial charge is 0.257 e. The molecule has 5 rings (SSSR count). The number of aromatic nitrogens is 2. The van der Waals surface area contributed by atoms with Crippen LogP contribution in [-0.2, 0) is 11.2 Å². The lowest BCUT2D eigenvalue weighted by molar-refractivity contribution is 0.0603. The third kappa shape index (κ3) is 2.86. The number of carbonyl (C=O) groups excluding carboxylic acids is 1. The molecule has 0 bridgehead atoms. The lowest BCUT2D eigenvalue weighted by atomic mass is 9.83. The molecule has 0 N–H and O–H groups in total. The van der Waals surface area contributed by atoms with Crippen LogP contribution in [0.15, 0.2) is 27.4 Å². The highest BCUT2D eigenvalue weighted by Gasteiger charge is 2.42. The monoisotopic (exact) mass is 343 g/mol. The van der Waals surface area contributed by atoms with E-state index in [2.05, 4.69) is 10.2 Å². The van der Waals surface area contributed by atoms with Gasteiger partial charge in [-0.2, -0.15) is 0 Å². The average Bonchev–Trinajstić information content (AvgIpc) is 3.05. The molecule has 2 aliphatic heterocycles. The fourth-order valence-electron chi connectivity index (χ4n) is 4.07. The zero-order chi connectivity index (χ0) is 16.8. The Balaban J connectivity index is 1.22. The van der Waals surface area contributed by atoms with E-state index in [0.29, 0.717) is 42.2 Å². The zero-order valence-electron chi connectivity index (χ0n) is 14.0. The highest BCUT2D eigenvalue weighted by atomic mass is 16.5. The fourth-order valence-corrected chi connectivity index (χ4v) is 4.07. The molecule has 2 aromatic rings. The number of fused-ring (bicyclic) bond motifs is 1. The Labute approximate surface area is 145 Å². The van der Waals surface area contributed by atoms with Gasteiger partial charge in [-0.1, -0.05) is 0 Å².